The number of H-pyrrole nitrogens is 1. The minimum Gasteiger partial charge on any atom is -0.346 e. The van der Waals surface area contributed by atoms with Gasteiger partial charge < -0.3 is 10.3 Å². The first-order valence-electron chi connectivity index (χ1n) is 10.1. The second kappa shape index (κ2) is 7.51. The van der Waals surface area contributed by atoms with Crippen molar-refractivity contribution in [1.29, 1.82) is 0 Å². The van der Waals surface area contributed by atoms with Crippen LogP contribution in [0.5, 0.6) is 0 Å². The lowest BCUT2D eigenvalue weighted by Crippen LogP contribution is -2.29. The Labute approximate surface area is 171 Å². The average Bonchev–Trinajstić information content (AvgIpc) is 3.50. The van der Waals surface area contributed by atoms with Gasteiger partial charge in [-0.2, -0.15) is 0 Å². The van der Waals surface area contributed by atoms with Crippen molar-refractivity contribution < 1.29 is 13.6 Å². The van der Waals surface area contributed by atoms with Crippen molar-refractivity contribution in [1.82, 2.24) is 24.7 Å². The average molecular weight is 409 g/mol. The van der Waals surface area contributed by atoms with E-state index in [-0.39, 0.29) is 5.69 Å². The monoisotopic (exact) mass is 409 g/mol. The molecule has 8 heteroatoms. The number of hydrogen-bond acceptors (Lipinski definition) is 3. The van der Waals surface area contributed by atoms with Crippen LogP contribution in [0.15, 0.2) is 42.9 Å². The quantitative estimate of drug-likeness (QED) is 0.509. The molecular formula is C22H21F2N5O. The second-order valence-corrected chi connectivity index (χ2v) is 7.71. The van der Waals surface area contributed by atoms with Crippen LogP contribution in [0.4, 0.5) is 8.78 Å². The molecule has 1 fully saturated rings. The van der Waals surface area contributed by atoms with E-state index in [1.165, 1.54) is 31.9 Å². The Hall–Kier alpha value is -3.29. The van der Waals surface area contributed by atoms with Crippen molar-refractivity contribution in [2.75, 3.05) is 6.54 Å². The Morgan fingerprint density at radius 3 is 2.87 bits per heavy atom. The Kier molecular flexibility index (Phi) is 4.69. The molecule has 0 unspecified atom stereocenters. The van der Waals surface area contributed by atoms with Gasteiger partial charge in [-0.1, -0.05) is 12.8 Å². The summed E-state index contributed by atoms with van der Waals surface area (Å²) in [4.78, 5) is 24.6. The molecule has 0 atom stereocenters. The van der Waals surface area contributed by atoms with Gasteiger partial charge in [0, 0.05) is 40.5 Å². The number of halogens is 2. The van der Waals surface area contributed by atoms with E-state index < -0.39 is 18.9 Å². The highest BCUT2D eigenvalue weighted by Crippen LogP contribution is 2.35. The van der Waals surface area contributed by atoms with E-state index in [1.54, 1.807) is 16.7 Å². The van der Waals surface area contributed by atoms with E-state index in [2.05, 4.69) is 27.4 Å². The fourth-order valence-corrected chi connectivity index (χ4v) is 4.28. The van der Waals surface area contributed by atoms with Crippen molar-refractivity contribution in [2.24, 2.45) is 0 Å². The smallest absolute Gasteiger partial charge is 0.270 e. The summed E-state index contributed by atoms with van der Waals surface area (Å²) >= 11 is 0. The number of fused-ring (bicyclic) bond motifs is 2. The molecule has 4 heterocycles. The van der Waals surface area contributed by atoms with Crippen LogP contribution >= 0.6 is 0 Å². The van der Waals surface area contributed by atoms with Crippen LogP contribution in [-0.4, -0.2) is 38.2 Å². The van der Waals surface area contributed by atoms with Crippen molar-refractivity contribution >= 4 is 22.6 Å². The van der Waals surface area contributed by atoms with Crippen molar-refractivity contribution in [2.45, 2.75) is 38.0 Å². The lowest BCUT2D eigenvalue weighted by Gasteiger charge is -2.08. The van der Waals surface area contributed by atoms with Gasteiger partial charge in [0.2, 0.25) is 0 Å². The predicted molar refractivity (Wildman–Crippen MR) is 110 cm³/mol. The van der Waals surface area contributed by atoms with Gasteiger partial charge in [0.25, 0.3) is 12.3 Å². The molecule has 1 aliphatic carbocycles. The first kappa shape index (κ1) is 18.7. The number of nitrogens with zero attached hydrogens (tertiary/aromatic N) is 3. The first-order chi connectivity index (χ1) is 14.6. The highest BCUT2D eigenvalue weighted by Gasteiger charge is 2.20. The summed E-state index contributed by atoms with van der Waals surface area (Å²) in [6, 6.07) is 7.93. The summed E-state index contributed by atoms with van der Waals surface area (Å²) in [5, 5.41) is 3.23. The molecule has 0 spiro atoms. The van der Waals surface area contributed by atoms with E-state index in [4.69, 9.17) is 4.98 Å². The lowest BCUT2D eigenvalue weighted by atomic mass is 10.0. The molecule has 0 aromatic carbocycles. The maximum atomic E-state index is 12.4. The van der Waals surface area contributed by atoms with Crippen LogP contribution in [0.2, 0.25) is 0 Å². The lowest BCUT2D eigenvalue weighted by molar-refractivity contribution is 0.0886. The standard InChI is InChI=1S/C22H21F2N5O/c23-19(24)11-27-22(30)18-10-25-20-8-5-14(12-29(18)20)16-9-26-21-15(16)6-7-17(28-21)13-3-1-2-4-13/h5-10,12-13,19H,1-4,11H2,(H,26,28)(H,27,30). The number of rotatable bonds is 5. The van der Waals surface area contributed by atoms with E-state index in [0.717, 1.165) is 27.9 Å². The first-order valence-corrected chi connectivity index (χ1v) is 10.1. The summed E-state index contributed by atoms with van der Waals surface area (Å²) in [6.45, 7) is -0.691. The number of nitrogens with one attached hydrogen (secondary N) is 2. The number of imidazole rings is 1. The van der Waals surface area contributed by atoms with Gasteiger partial charge in [-0.25, -0.2) is 18.7 Å². The van der Waals surface area contributed by atoms with Crippen LogP contribution < -0.4 is 5.32 Å². The van der Waals surface area contributed by atoms with Gasteiger partial charge >= 0.3 is 0 Å². The van der Waals surface area contributed by atoms with Crippen molar-refractivity contribution in [3.05, 3.63) is 54.2 Å². The fraction of sp³-hybridized carbons (Fsp3) is 0.318. The molecule has 30 heavy (non-hydrogen) atoms. The predicted octanol–water partition coefficient (Wildman–Crippen LogP) is 4.53. The topological polar surface area (TPSA) is 75.1 Å². The number of hydrogen-bond donors (Lipinski definition) is 2. The molecule has 5 rings (SSSR count). The Balaban J connectivity index is 1.50. The van der Waals surface area contributed by atoms with Crippen molar-refractivity contribution in [3.63, 3.8) is 0 Å². The minimum atomic E-state index is -2.60. The molecule has 2 N–H and O–H groups in total. The van der Waals surface area contributed by atoms with E-state index in [0.29, 0.717) is 11.6 Å². The molecule has 4 aromatic heterocycles. The Morgan fingerprint density at radius 2 is 2.07 bits per heavy atom. The molecule has 0 aliphatic heterocycles. The van der Waals surface area contributed by atoms with E-state index in [1.807, 2.05) is 12.3 Å². The number of aromatic amines is 1. The minimum absolute atomic E-state index is 0.217. The third kappa shape index (κ3) is 3.32. The van der Waals surface area contributed by atoms with Crippen LogP contribution in [0.25, 0.3) is 27.8 Å². The molecule has 0 radical (unpaired) electrons. The molecule has 1 aliphatic rings. The molecule has 1 amide bonds. The zero-order valence-electron chi connectivity index (χ0n) is 16.2. The van der Waals surface area contributed by atoms with Gasteiger partial charge in [0.1, 0.15) is 17.0 Å². The Morgan fingerprint density at radius 1 is 1.23 bits per heavy atom. The van der Waals surface area contributed by atoms with Crippen LogP contribution in [0.3, 0.4) is 0 Å². The number of carbonyl (C=O) groups excluding carboxylic acids is 1. The third-order valence-corrected chi connectivity index (χ3v) is 5.80. The van der Waals surface area contributed by atoms with Gasteiger partial charge in [-0.05, 0) is 37.1 Å². The molecule has 6 nitrogen and oxygen atoms in total. The van der Waals surface area contributed by atoms with E-state index in [9.17, 15) is 13.6 Å². The summed E-state index contributed by atoms with van der Waals surface area (Å²) < 4.78 is 26.5. The number of alkyl halides is 2. The molecule has 0 saturated heterocycles. The Bertz CT molecular complexity index is 1220. The maximum absolute atomic E-state index is 12.4. The van der Waals surface area contributed by atoms with Crippen LogP contribution in [0.1, 0.15) is 47.8 Å². The van der Waals surface area contributed by atoms with Gasteiger partial charge in [0.15, 0.2) is 0 Å². The highest BCUT2D eigenvalue weighted by molar-refractivity contribution is 5.95. The SMILES string of the molecule is O=C(NCC(F)F)c1cnc2ccc(-c3c[nH]c4nc(C5CCCC5)ccc34)cn12. The normalized spacial score (nSPS) is 14.9. The van der Waals surface area contributed by atoms with Gasteiger partial charge in [-0.3, -0.25) is 9.20 Å². The van der Waals surface area contributed by atoms with Crippen LogP contribution in [-0.2, 0) is 0 Å². The molecule has 4 aromatic rings. The summed E-state index contributed by atoms with van der Waals surface area (Å²) in [6.07, 6.45) is 7.41. The molecule has 1 saturated carbocycles. The molecule has 0 bridgehead atoms. The van der Waals surface area contributed by atoms with Gasteiger partial charge in [-0.15, -0.1) is 0 Å². The molecule has 154 valence electrons. The second-order valence-electron chi connectivity index (χ2n) is 7.71. The number of amides is 1. The number of aromatic nitrogens is 4. The number of carbonyl (C=O) groups is 1. The summed E-state index contributed by atoms with van der Waals surface area (Å²) in [7, 11) is 0. The fourth-order valence-electron chi connectivity index (χ4n) is 4.28. The highest BCUT2D eigenvalue weighted by atomic mass is 19.3. The van der Waals surface area contributed by atoms with E-state index >= 15 is 0 Å². The van der Waals surface area contributed by atoms with Crippen molar-refractivity contribution in [3.8, 4) is 11.1 Å². The zero-order valence-corrected chi connectivity index (χ0v) is 16.2. The summed E-state index contributed by atoms with van der Waals surface area (Å²) in [5.74, 6) is -0.0421. The third-order valence-electron chi connectivity index (χ3n) is 5.80. The summed E-state index contributed by atoms with van der Waals surface area (Å²) in [5.41, 5.74) is 4.61. The zero-order chi connectivity index (χ0) is 20.7. The number of pyridine rings is 2. The maximum Gasteiger partial charge on any atom is 0.270 e. The van der Waals surface area contributed by atoms with Gasteiger partial charge in [0.05, 0.1) is 12.7 Å². The van der Waals surface area contributed by atoms with Crippen LogP contribution in [0, 0.1) is 0 Å². The largest absolute Gasteiger partial charge is 0.346 e. The molecular weight excluding hydrogens is 388 g/mol.